The molecule has 11 nitrogen and oxygen atoms in total. The first kappa shape index (κ1) is 28.7. The van der Waals surface area contributed by atoms with Crippen molar-refractivity contribution in [2.75, 3.05) is 66.8 Å². The topological polar surface area (TPSA) is 97.4 Å². The zero-order valence-electron chi connectivity index (χ0n) is 25.6. The average Bonchev–Trinajstić information content (AvgIpc) is 2.99. The van der Waals surface area contributed by atoms with Crippen LogP contribution in [0.15, 0.2) is 54.7 Å². The number of amides is 3. The first-order valence-electron chi connectivity index (χ1n) is 14.9. The van der Waals surface area contributed by atoms with Crippen LogP contribution < -0.4 is 20.0 Å². The highest BCUT2D eigenvalue weighted by molar-refractivity contribution is 5.94. The number of benzene rings is 2. The van der Waals surface area contributed by atoms with Crippen LogP contribution in [0.5, 0.6) is 0 Å². The molecule has 226 valence electrons. The van der Waals surface area contributed by atoms with Crippen molar-refractivity contribution in [3.05, 3.63) is 65.9 Å². The molecule has 0 aliphatic carbocycles. The number of nitrogens with one attached hydrogen (secondary N) is 1. The number of aromatic nitrogens is 2. The van der Waals surface area contributed by atoms with Gasteiger partial charge in [0.2, 0.25) is 5.95 Å². The lowest BCUT2D eigenvalue weighted by atomic mass is 9.94. The van der Waals surface area contributed by atoms with Crippen molar-refractivity contribution >= 4 is 41.0 Å². The van der Waals surface area contributed by atoms with Gasteiger partial charge in [0.25, 0.3) is 0 Å². The molecule has 3 aliphatic rings. The molecule has 3 aromatic rings. The van der Waals surface area contributed by atoms with Gasteiger partial charge < -0.3 is 24.8 Å². The van der Waals surface area contributed by atoms with Crippen LogP contribution in [0.4, 0.5) is 38.4 Å². The molecule has 3 aliphatic heterocycles. The lowest BCUT2D eigenvalue weighted by Crippen LogP contribution is -2.50. The number of para-hydroxylation sites is 1. The second-order valence-corrected chi connectivity index (χ2v) is 12.5. The maximum Gasteiger partial charge on any atom is 0.414 e. The first-order chi connectivity index (χ1) is 20.6. The van der Waals surface area contributed by atoms with Crippen LogP contribution in [-0.2, 0) is 11.3 Å². The number of piperazine rings is 1. The fourth-order valence-corrected chi connectivity index (χ4v) is 5.96. The van der Waals surface area contributed by atoms with Crippen LogP contribution in [0.3, 0.4) is 0 Å². The van der Waals surface area contributed by atoms with Gasteiger partial charge in [-0.05, 0) is 70.1 Å². The van der Waals surface area contributed by atoms with E-state index in [2.05, 4.69) is 39.3 Å². The van der Waals surface area contributed by atoms with Gasteiger partial charge in [-0.2, -0.15) is 4.98 Å². The van der Waals surface area contributed by atoms with E-state index in [1.54, 1.807) is 23.0 Å². The summed E-state index contributed by atoms with van der Waals surface area (Å²) in [6.07, 6.45) is 2.00. The van der Waals surface area contributed by atoms with E-state index in [0.717, 1.165) is 48.7 Å². The van der Waals surface area contributed by atoms with Crippen LogP contribution in [0.2, 0.25) is 0 Å². The number of carbonyl (C=O) groups excluding carboxylic acids is 2. The highest BCUT2D eigenvalue weighted by atomic mass is 16.6. The Morgan fingerprint density at radius 2 is 1.70 bits per heavy atom. The van der Waals surface area contributed by atoms with E-state index in [1.165, 1.54) is 5.69 Å². The number of hydrogen-bond donors (Lipinski definition) is 1. The molecule has 0 spiro atoms. The van der Waals surface area contributed by atoms with Gasteiger partial charge in [-0.1, -0.05) is 18.2 Å². The maximum atomic E-state index is 13.7. The van der Waals surface area contributed by atoms with E-state index >= 15 is 0 Å². The summed E-state index contributed by atoms with van der Waals surface area (Å²) in [5, 5.41) is 3.30. The third-order valence-corrected chi connectivity index (χ3v) is 8.23. The molecule has 0 saturated carbocycles. The summed E-state index contributed by atoms with van der Waals surface area (Å²) in [6.45, 7) is 10.6. The molecule has 1 aromatic heterocycles. The molecule has 11 heteroatoms. The van der Waals surface area contributed by atoms with Crippen LogP contribution in [0.25, 0.3) is 0 Å². The third-order valence-electron chi connectivity index (χ3n) is 8.23. The molecular weight excluding hydrogens is 544 g/mol. The summed E-state index contributed by atoms with van der Waals surface area (Å²) in [7, 11) is 3.90. The van der Waals surface area contributed by atoms with Gasteiger partial charge in [-0.15, -0.1) is 0 Å². The lowest BCUT2D eigenvalue weighted by Gasteiger charge is -2.43. The van der Waals surface area contributed by atoms with Crippen molar-refractivity contribution in [3.8, 4) is 0 Å². The molecule has 6 rings (SSSR count). The van der Waals surface area contributed by atoms with Crippen molar-refractivity contribution < 1.29 is 14.3 Å². The summed E-state index contributed by atoms with van der Waals surface area (Å²) in [5.41, 5.74) is 4.05. The largest absolute Gasteiger partial charge is 0.443 e. The lowest BCUT2D eigenvalue weighted by molar-refractivity contribution is 0.0572. The van der Waals surface area contributed by atoms with Crippen molar-refractivity contribution in [1.29, 1.82) is 0 Å². The van der Waals surface area contributed by atoms with Crippen molar-refractivity contribution in [2.45, 2.75) is 45.4 Å². The standard InChI is InChI=1S/C32H40N8O3/c1-32(2,3)43-31(42)39-15-14-27(25-8-6-7-9-26(25)39)40-21-22-20-33-29(35-28(22)37(5)30(40)41)34-23-10-12-24(13-11-23)38-18-16-36(4)17-19-38/h6-13,20,27H,14-19,21H2,1-5H3,(H,33,34,35). The van der Waals surface area contributed by atoms with E-state index in [9.17, 15) is 9.59 Å². The number of likely N-dealkylation sites (N-methyl/N-ethyl adjacent to an activating group) is 1. The number of rotatable bonds is 4. The minimum Gasteiger partial charge on any atom is -0.443 e. The van der Waals surface area contributed by atoms with Gasteiger partial charge in [0.1, 0.15) is 11.4 Å². The highest BCUT2D eigenvalue weighted by Gasteiger charge is 2.39. The smallest absolute Gasteiger partial charge is 0.414 e. The third kappa shape index (κ3) is 5.94. The zero-order valence-corrected chi connectivity index (χ0v) is 25.6. The molecule has 1 saturated heterocycles. The number of hydrogen-bond acceptors (Lipinski definition) is 8. The molecule has 3 amide bonds. The maximum absolute atomic E-state index is 13.7. The Hall–Kier alpha value is -4.38. The Labute approximate surface area is 253 Å². The van der Waals surface area contributed by atoms with Gasteiger partial charge in [-0.3, -0.25) is 9.80 Å². The van der Waals surface area contributed by atoms with Gasteiger partial charge in [0, 0.05) is 62.9 Å². The van der Waals surface area contributed by atoms with Gasteiger partial charge in [0.15, 0.2) is 0 Å². The van der Waals surface area contributed by atoms with Crippen LogP contribution in [-0.4, -0.2) is 84.3 Å². The molecule has 1 fully saturated rings. The normalized spacial score (nSPS) is 19.2. The van der Waals surface area contributed by atoms with Crippen molar-refractivity contribution in [1.82, 2.24) is 19.8 Å². The van der Waals surface area contributed by atoms with Crippen molar-refractivity contribution in [2.24, 2.45) is 0 Å². The summed E-state index contributed by atoms with van der Waals surface area (Å²) < 4.78 is 5.66. The zero-order chi connectivity index (χ0) is 30.3. The second-order valence-electron chi connectivity index (χ2n) is 12.5. The number of anilines is 5. The molecule has 43 heavy (non-hydrogen) atoms. The molecule has 1 N–H and O–H groups in total. The SMILES string of the molecule is CN1CCN(c2ccc(Nc3ncc4c(n3)N(C)C(=O)N(C3CCN(C(=O)OC(C)(C)C)c5ccccc53)C4)cc2)CC1. The number of carbonyl (C=O) groups is 2. The summed E-state index contributed by atoms with van der Waals surface area (Å²) in [5.74, 6) is 1.03. The van der Waals surface area contributed by atoms with E-state index in [0.29, 0.717) is 31.3 Å². The van der Waals surface area contributed by atoms with Crippen LogP contribution >= 0.6 is 0 Å². The number of ether oxygens (including phenoxy) is 1. The van der Waals surface area contributed by atoms with E-state index in [-0.39, 0.29) is 18.2 Å². The quantitative estimate of drug-likeness (QED) is 0.445. The Kier molecular flexibility index (Phi) is 7.59. The fraction of sp³-hybridized carbons (Fsp3) is 0.438. The first-order valence-corrected chi connectivity index (χ1v) is 14.9. The van der Waals surface area contributed by atoms with Gasteiger partial charge in [0.05, 0.1) is 18.3 Å². The number of urea groups is 1. The van der Waals surface area contributed by atoms with Gasteiger partial charge >= 0.3 is 12.1 Å². The predicted molar refractivity (Wildman–Crippen MR) is 168 cm³/mol. The number of nitrogens with zero attached hydrogens (tertiary/aromatic N) is 7. The van der Waals surface area contributed by atoms with E-state index in [1.807, 2.05) is 62.1 Å². The molecule has 4 heterocycles. The molecule has 0 bridgehead atoms. The fourth-order valence-electron chi connectivity index (χ4n) is 5.96. The summed E-state index contributed by atoms with van der Waals surface area (Å²) >= 11 is 0. The van der Waals surface area contributed by atoms with Crippen LogP contribution in [0.1, 0.15) is 44.4 Å². The number of fused-ring (bicyclic) bond motifs is 2. The highest BCUT2D eigenvalue weighted by Crippen LogP contribution is 2.41. The minimum atomic E-state index is -0.597. The Morgan fingerprint density at radius 3 is 2.42 bits per heavy atom. The molecule has 1 unspecified atom stereocenters. The summed E-state index contributed by atoms with van der Waals surface area (Å²) in [6, 6.07) is 15.7. The molecular formula is C32H40N8O3. The van der Waals surface area contributed by atoms with E-state index in [4.69, 9.17) is 9.72 Å². The average molecular weight is 585 g/mol. The Balaban J connectivity index is 1.18. The van der Waals surface area contributed by atoms with E-state index < -0.39 is 5.60 Å². The predicted octanol–water partition coefficient (Wildman–Crippen LogP) is 5.23. The van der Waals surface area contributed by atoms with Crippen LogP contribution in [0, 0.1) is 0 Å². The summed E-state index contributed by atoms with van der Waals surface area (Å²) in [4.78, 5) is 45.9. The second kappa shape index (κ2) is 11.4. The minimum absolute atomic E-state index is 0.140. The molecule has 0 radical (unpaired) electrons. The molecule has 2 aromatic carbocycles. The Bertz CT molecular complexity index is 1500. The molecule has 1 atom stereocenters. The monoisotopic (exact) mass is 584 g/mol. The Morgan fingerprint density at radius 1 is 0.977 bits per heavy atom. The van der Waals surface area contributed by atoms with Crippen molar-refractivity contribution in [3.63, 3.8) is 0 Å². The van der Waals surface area contributed by atoms with Gasteiger partial charge in [-0.25, -0.2) is 14.6 Å².